The molecule has 2 heterocycles. The lowest BCUT2D eigenvalue weighted by Crippen LogP contribution is -2.55. The Kier molecular flexibility index (Phi) is 6.11. The number of fused-ring (bicyclic) bond motifs is 1. The molecule has 0 unspecified atom stereocenters. The number of carbonyl (C=O) groups excluding carboxylic acids is 2. The monoisotopic (exact) mass is 338 g/mol. The highest BCUT2D eigenvalue weighted by Gasteiger charge is 2.39. The van der Waals surface area contributed by atoms with Gasteiger partial charge in [0.25, 0.3) is 0 Å². The fourth-order valence-corrected chi connectivity index (χ4v) is 4.37. The van der Waals surface area contributed by atoms with E-state index in [2.05, 4.69) is 0 Å². The first kappa shape index (κ1) is 17.7. The predicted molar refractivity (Wildman–Crippen MR) is 89.5 cm³/mol. The minimum Gasteiger partial charge on any atom is -0.383 e. The molecule has 2 aliphatic heterocycles. The smallest absolute Gasteiger partial charge is 0.249 e. The third kappa shape index (κ3) is 3.91. The van der Waals surface area contributed by atoms with Crippen molar-refractivity contribution in [2.45, 2.75) is 57.1 Å². The van der Waals surface area contributed by atoms with Gasteiger partial charge in [-0.1, -0.05) is 19.3 Å². The van der Waals surface area contributed by atoms with Crippen molar-refractivity contribution in [3.8, 4) is 0 Å². The summed E-state index contributed by atoms with van der Waals surface area (Å²) in [4.78, 5) is 28.9. The quantitative estimate of drug-likeness (QED) is 0.778. The number of morpholine rings is 1. The van der Waals surface area contributed by atoms with Gasteiger partial charge in [-0.3, -0.25) is 9.59 Å². The molecule has 0 bridgehead atoms. The molecule has 1 aliphatic carbocycles. The van der Waals surface area contributed by atoms with E-state index in [-0.39, 0.29) is 30.6 Å². The van der Waals surface area contributed by atoms with Gasteiger partial charge in [0, 0.05) is 32.7 Å². The molecule has 3 fully saturated rings. The van der Waals surface area contributed by atoms with Crippen LogP contribution in [-0.2, 0) is 19.1 Å². The topological polar surface area (TPSA) is 59.1 Å². The Morgan fingerprint density at radius 2 is 1.92 bits per heavy atom. The Hall–Kier alpha value is -1.14. The standard InChI is InChI=1S/C18H30N2O4/c1-23-12-11-20-15-7-9-19(10-8-16(15)24-13-17(20)21)18(22)14-5-3-2-4-6-14/h14-16H,2-13H2,1H3/t15-,16-/m0/s1. The lowest BCUT2D eigenvalue weighted by Gasteiger charge is -2.40. The molecule has 3 rings (SSSR count). The molecule has 0 N–H and O–H groups in total. The first-order valence-electron chi connectivity index (χ1n) is 9.39. The number of nitrogens with zero attached hydrogens (tertiary/aromatic N) is 2. The molecule has 2 atom stereocenters. The minimum atomic E-state index is 0.0420. The van der Waals surface area contributed by atoms with Crippen molar-refractivity contribution in [2.24, 2.45) is 5.92 Å². The number of amides is 2. The second-order valence-corrected chi connectivity index (χ2v) is 7.23. The SMILES string of the molecule is COCCN1C(=O)CO[C@H]2CCN(C(=O)C3CCCCC3)CC[C@@H]21. The van der Waals surface area contributed by atoms with Gasteiger partial charge in [0.15, 0.2) is 0 Å². The largest absolute Gasteiger partial charge is 0.383 e. The van der Waals surface area contributed by atoms with E-state index >= 15 is 0 Å². The number of carbonyl (C=O) groups is 2. The number of methoxy groups -OCH3 is 1. The second-order valence-electron chi connectivity index (χ2n) is 7.23. The molecular formula is C18H30N2O4. The molecular weight excluding hydrogens is 308 g/mol. The van der Waals surface area contributed by atoms with Crippen molar-refractivity contribution < 1.29 is 19.1 Å². The normalized spacial score (nSPS) is 29.3. The summed E-state index contributed by atoms with van der Waals surface area (Å²) in [6, 6.07) is 0.0746. The zero-order valence-electron chi connectivity index (χ0n) is 14.7. The maximum atomic E-state index is 12.8. The van der Waals surface area contributed by atoms with Crippen LogP contribution in [0.4, 0.5) is 0 Å². The summed E-state index contributed by atoms with van der Waals surface area (Å²) in [6.07, 6.45) is 7.37. The highest BCUT2D eigenvalue weighted by Crippen LogP contribution is 2.28. The Morgan fingerprint density at radius 1 is 1.17 bits per heavy atom. The molecule has 1 saturated carbocycles. The lowest BCUT2D eigenvalue weighted by atomic mass is 9.88. The van der Waals surface area contributed by atoms with Crippen LogP contribution < -0.4 is 0 Å². The fourth-order valence-electron chi connectivity index (χ4n) is 4.37. The Bertz CT molecular complexity index is 450. The minimum absolute atomic E-state index is 0.0420. The van der Waals surface area contributed by atoms with E-state index in [1.54, 1.807) is 7.11 Å². The van der Waals surface area contributed by atoms with Crippen LogP contribution in [-0.4, -0.2) is 73.7 Å². The second kappa shape index (κ2) is 8.30. The number of likely N-dealkylation sites (tertiary alicyclic amines) is 1. The van der Waals surface area contributed by atoms with Crippen molar-refractivity contribution in [2.75, 3.05) is 40.0 Å². The van der Waals surface area contributed by atoms with Gasteiger partial charge in [0.05, 0.1) is 18.8 Å². The van der Waals surface area contributed by atoms with Crippen LogP contribution in [0.2, 0.25) is 0 Å². The summed E-state index contributed by atoms with van der Waals surface area (Å²) in [7, 11) is 1.65. The van der Waals surface area contributed by atoms with Crippen LogP contribution in [0.3, 0.4) is 0 Å². The van der Waals surface area contributed by atoms with Crippen LogP contribution in [0.15, 0.2) is 0 Å². The van der Waals surface area contributed by atoms with Crippen molar-refractivity contribution >= 4 is 11.8 Å². The molecule has 2 saturated heterocycles. The van der Waals surface area contributed by atoms with E-state index in [9.17, 15) is 9.59 Å². The maximum Gasteiger partial charge on any atom is 0.249 e. The van der Waals surface area contributed by atoms with E-state index < -0.39 is 0 Å². The number of hydrogen-bond acceptors (Lipinski definition) is 4. The number of rotatable bonds is 4. The van der Waals surface area contributed by atoms with Crippen LogP contribution in [0.5, 0.6) is 0 Å². The van der Waals surface area contributed by atoms with Gasteiger partial charge in [-0.15, -0.1) is 0 Å². The first-order valence-corrected chi connectivity index (χ1v) is 9.39. The number of hydrogen-bond donors (Lipinski definition) is 0. The van der Waals surface area contributed by atoms with E-state index in [0.717, 1.165) is 38.8 Å². The number of ether oxygens (including phenoxy) is 2. The highest BCUT2D eigenvalue weighted by atomic mass is 16.5. The van der Waals surface area contributed by atoms with Gasteiger partial charge in [-0.2, -0.15) is 0 Å². The summed E-state index contributed by atoms with van der Waals surface area (Å²) in [5.74, 6) is 0.578. The van der Waals surface area contributed by atoms with E-state index in [1.165, 1.54) is 19.3 Å². The van der Waals surface area contributed by atoms with Crippen LogP contribution in [0.1, 0.15) is 44.9 Å². The molecule has 6 nitrogen and oxygen atoms in total. The van der Waals surface area contributed by atoms with Crippen molar-refractivity contribution in [1.82, 2.24) is 9.80 Å². The van der Waals surface area contributed by atoms with Gasteiger partial charge in [-0.25, -0.2) is 0 Å². The lowest BCUT2D eigenvalue weighted by molar-refractivity contribution is -0.158. The molecule has 0 aromatic heterocycles. The highest BCUT2D eigenvalue weighted by molar-refractivity contribution is 5.79. The molecule has 0 radical (unpaired) electrons. The van der Waals surface area contributed by atoms with Crippen molar-refractivity contribution in [1.29, 1.82) is 0 Å². The third-order valence-corrected chi connectivity index (χ3v) is 5.75. The predicted octanol–water partition coefficient (Wildman–Crippen LogP) is 1.43. The summed E-state index contributed by atoms with van der Waals surface area (Å²) in [6.45, 7) is 2.79. The molecule has 0 aromatic carbocycles. The van der Waals surface area contributed by atoms with E-state index in [0.29, 0.717) is 19.1 Å². The van der Waals surface area contributed by atoms with Crippen molar-refractivity contribution in [3.05, 3.63) is 0 Å². The van der Waals surface area contributed by atoms with Gasteiger partial charge in [0.2, 0.25) is 11.8 Å². The summed E-state index contributed by atoms with van der Waals surface area (Å²) >= 11 is 0. The van der Waals surface area contributed by atoms with Crippen LogP contribution in [0.25, 0.3) is 0 Å². The Labute approximate surface area is 144 Å². The maximum absolute atomic E-state index is 12.8. The van der Waals surface area contributed by atoms with E-state index in [4.69, 9.17) is 9.47 Å². The van der Waals surface area contributed by atoms with E-state index in [1.807, 2.05) is 9.80 Å². The first-order chi connectivity index (χ1) is 11.7. The molecule has 136 valence electrons. The third-order valence-electron chi connectivity index (χ3n) is 5.75. The Balaban J connectivity index is 1.62. The molecule has 3 aliphatic rings. The summed E-state index contributed by atoms with van der Waals surface area (Å²) in [5.41, 5.74) is 0. The zero-order valence-corrected chi connectivity index (χ0v) is 14.7. The van der Waals surface area contributed by atoms with Crippen molar-refractivity contribution in [3.63, 3.8) is 0 Å². The molecule has 0 aromatic rings. The molecule has 24 heavy (non-hydrogen) atoms. The van der Waals surface area contributed by atoms with Crippen LogP contribution >= 0.6 is 0 Å². The molecule has 0 spiro atoms. The summed E-state index contributed by atoms with van der Waals surface area (Å²) < 4.78 is 10.9. The van der Waals surface area contributed by atoms with Gasteiger partial charge >= 0.3 is 0 Å². The summed E-state index contributed by atoms with van der Waals surface area (Å²) in [5, 5.41) is 0. The van der Waals surface area contributed by atoms with Gasteiger partial charge < -0.3 is 19.3 Å². The van der Waals surface area contributed by atoms with Crippen LogP contribution in [0, 0.1) is 5.92 Å². The average Bonchev–Trinajstić information content (AvgIpc) is 2.84. The average molecular weight is 338 g/mol. The Morgan fingerprint density at radius 3 is 2.67 bits per heavy atom. The molecule has 6 heteroatoms. The van der Waals surface area contributed by atoms with Gasteiger partial charge in [0.1, 0.15) is 6.61 Å². The fraction of sp³-hybridized carbons (Fsp3) is 0.889. The molecule has 2 amide bonds. The zero-order chi connectivity index (χ0) is 16.9. The van der Waals surface area contributed by atoms with Gasteiger partial charge in [-0.05, 0) is 25.7 Å².